The van der Waals surface area contributed by atoms with Crippen molar-refractivity contribution in [1.82, 2.24) is 14.5 Å². The van der Waals surface area contributed by atoms with Gasteiger partial charge in [0.2, 0.25) is 0 Å². The molecular weight excluding hydrogens is 607 g/mol. The number of hydrogen-bond donors (Lipinski definition) is 0. The third-order valence-corrected chi connectivity index (χ3v) is 10.9. The van der Waals surface area contributed by atoms with Gasteiger partial charge < -0.3 is 4.57 Å². The molecule has 0 N–H and O–H groups in total. The molecule has 0 amide bonds. The highest BCUT2D eigenvalue weighted by molar-refractivity contribution is 6.09. The lowest BCUT2D eigenvalue weighted by atomic mass is 9.71. The van der Waals surface area contributed by atoms with Gasteiger partial charge in [0.05, 0.1) is 22.1 Å². The van der Waals surface area contributed by atoms with Gasteiger partial charge in [-0.2, -0.15) is 0 Å². The van der Waals surface area contributed by atoms with Crippen molar-refractivity contribution in [1.29, 1.82) is 0 Å². The molecule has 2 aliphatic rings. The van der Waals surface area contributed by atoms with E-state index in [0.29, 0.717) is 0 Å². The number of nitrogens with zero attached hydrogens (tertiary/aromatic N) is 3. The maximum atomic E-state index is 5.27. The van der Waals surface area contributed by atoms with E-state index in [1.165, 1.54) is 66.3 Å². The van der Waals surface area contributed by atoms with Gasteiger partial charge in [-0.15, -0.1) is 0 Å². The van der Waals surface area contributed by atoms with Crippen molar-refractivity contribution in [3.8, 4) is 50.6 Å². The molecule has 0 bridgehead atoms. The molecule has 3 nitrogen and oxygen atoms in total. The summed E-state index contributed by atoms with van der Waals surface area (Å²) in [7, 11) is 0. The summed E-state index contributed by atoms with van der Waals surface area (Å²) in [6, 6.07) is 61.4. The second kappa shape index (κ2) is 10.2. The van der Waals surface area contributed by atoms with Gasteiger partial charge >= 0.3 is 0 Å². The highest BCUT2D eigenvalue weighted by atomic mass is 15.0. The predicted molar refractivity (Wildman–Crippen MR) is 204 cm³/mol. The minimum absolute atomic E-state index is 0.508. The molecule has 0 aliphatic heterocycles. The molecule has 2 heterocycles. The Morgan fingerprint density at radius 3 is 1.74 bits per heavy atom. The van der Waals surface area contributed by atoms with E-state index in [2.05, 4.69) is 162 Å². The zero-order valence-electron chi connectivity index (χ0n) is 27.1. The van der Waals surface area contributed by atoms with Crippen LogP contribution in [0.4, 0.5) is 0 Å². The lowest BCUT2D eigenvalue weighted by Gasteiger charge is -2.30. The average molecular weight is 636 g/mol. The number of benzene rings is 7. The summed E-state index contributed by atoms with van der Waals surface area (Å²) in [6.07, 6.45) is 2.09. The highest BCUT2D eigenvalue weighted by Gasteiger charge is 2.52. The summed E-state index contributed by atoms with van der Waals surface area (Å²) in [6.45, 7) is 0. The van der Waals surface area contributed by atoms with E-state index < -0.39 is 5.41 Å². The van der Waals surface area contributed by atoms with Crippen LogP contribution in [0.5, 0.6) is 0 Å². The first-order valence-electron chi connectivity index (χ1n) is 17.2. The predicted octanol–water partition coefficient (Wildman–Crippen LogP) is 11.3. The zero-order valence-corrected chi connectivity index (χ0v) is 27.1. The van der Waals surface area contributed by atoms with Crippen LogP contribution in [0.3, 0.4) is 0 Å². The van der Waals surface area contributed by atoms with Crippen LogP contribution in [-0.4, -0.2) is 14.5 Å². The van der Waals surface area contributed by atoms with Crippen molar-refractivity contribution < 1.29 is 0 Å². The molecule has 0 saturated heterocycles. The molecule has 9 aromatic rings. The normalized spacial score (nSPS) is 15.3. The minimum Gasteiger partial charge on any atom is -0.309 e. The van der Waals surface area contributed by atoms with Crippen molar-refractivity contribution >= 4 is 21.8 Å². The van der Waals surface area contributed by atoms with E-state index in [4.69, 9.17) is 9.97 Å². The number of para-hydroxylation sites is 2. The Kier molecular flexibility index (Phi) is 5.59. The van der Waals surface area contributed by atoms with E-state index in [-0.39, 0.29) is 0 Å². The monoisotopic (exact) mass is 635 g/mol. The van der Waals surface area contributed by atoms with Gasteiger partial charge in [-0.3, -0.25) is 0 Å². The van der Waals surface area contributed by atoms with E-state index in [0.717, 1.165) is 28.3 Å². The molecule has 0 fully saturated rings. The summed E-state index contributed by atoms with van der Waals surface area (Å²) in [4.78, 5) is 10.3. The van der Waals surface area contributed by atoms with E-state index in [1.807, 2.05) is 18.2 Å². The second-order valence-corrected chi connectivity index (χ2v) is 13.3. The van der Waals surface area contributed by atoms with Gasteiger partial charge in [0.1, 0.15) is 0 Å². The molecule has 0 saturated carbocycles. The number of rotatable bonds is 3. The Labute approximate surface area is 289 Å². The van der Waals surface area contributed by atoms with E-state index in [9.17, 15) is 0 Å². The van der Waals surface area contributed by atoms with Gasteiger partial charge in [-0.05, 0) is 69.3 Å². The Morgan fingerprint density at radius 2 is 1.00 bits per heavy atom. The minimum atomic E-state index is -0.508. The van der Waals surface area contributed by atoms with Crippen LogP contribution < -0.4 is 0 Å². The first-order chi connectivity index (χ1) is 24.8. The fourth-order valence-electron chi connectivity index (χ4n) is 8.79. The first kappa shape index (κ1) is 27.4. The molecule has 2 aliphatic carbocycles. The van der Waals surface area contributed by atoms with Crippen LogP contribution in [0.25, 0.3) is 72.4 Å². The second-order valence-electron chi connectivity index (χ2n) is 13.3. The van der Waals surface area contributed by atoms with Gasteiger partial charge in [-0.25, -0.2) is 9.97 Å². The van der Waals surface area contributed by atoms with Crippen LogP contribution in [0.1, 0.15) is 22.3 Å². The quantitative estimate of drug-likeness (QED) is 0.193. The Bertz CT molecular complexity index is 2760. The summed E-state index contributed by atoms with van der Waals surface area (Å²) in [5.74, 6) is 0.750. The van der Waals surface area contributed by atoms with Crippen LogP contribution in [-0.2, 0) is 5.41 Å². The largest absolute Gasteiger partial charge is 0.309 e. The summed E-state index contributed by atoms with van der Waals surface area (Å²) < 4.78 is 2.37. The van der Waals surface area contributed by atoms with Gasteiger partial charge in [-0.1, -0.05) is 140 Å². The number of hydrogen-bond acceptors (Lipinski definition) is 2. The molecule has 0 radical (unpaired) electrons. The molecular formula is C47H29N3. The fraction of sp³-hybridized carbons (Fsp3) is 0.0213. The molecule has 1 atom stereocenters. The molecule has 1 spiro atoms. The summed E-state index contributed by atoms with van der Waals surface area (Å²) in [5.41, 5.74) is 16.2. The van der Waals surface area contributed by atoms with Crippen LogP contribution in [0.15, 0.2) is 176 Å². The SMILES string of the molecule is c1ccc(-c2ncc3c(n2)-c2ccccc2C32c3ccccc3-c3ccc(-c4ccc(-n5c6ccccc6c6ccccc65)cc4)cc32)cc1. The molecule has 50 heavy (non-hydrogen) atoms. The summed E-state index contributed by atoms with van der Waals surface area (Å²) >= 11 is 0. The third kappa shape index (κ3) is 3.58. The fourth-order valence-corrected chi connectivity index (χ4v) is 8.79. The standard InChI is InChI=1S/C47H29N3/c1-2-12-31(13-3-1)46-48-29-42-45(49-46)38-17-5-9-19-40(38)47(42)39-18-8-4-14-34(39)35-27-24-32(28-41(35)47)30-22-25-33(26-23-30)50-43-20-10-6-15-36(43)37-16-7-11-21-44(37)50/h1-29H. The molecule has 232 valence electrons. The summed E-state index contributed by atoms with van der Waals surface area (Å²) in [5, 5.41) is 2.54. The molecule has 2 aromatic heterocycles. The van der Waals surface area contributed by atoms with Crippen molar-refractivity contribution in [2.75, 3.05) is 0 Å². The zero-order chi connectivity index (χ0) is 32.8. The molecule has 7 aromatic carbocycles. The lowest BCUT2D eigenvalue weighted by Crippen LogP contribution is -2.26. The Hall–Kier alpha value is -6.58. The van der Waals surface area contributed by atoms with Crippen molar-refractivity contribution in [2.24, 2.45) is 0 Å². The number of aromatic nitrogens is 3. The van der Waals surface area contributed by atoms with Crippen molar-refractivity contribution in [3.63, 3.8) is 0 Å². The lowest BCUT2D eigenvalue weighted by molar-refractivity contribution is 0.785. The van der Waals surface area contributed by atoms with Gasteiger partial charge in [0.15, 0.2) is 5.82 Å². The average Bonchev–Trinajstić information content (AvgIpc) is 3.80. The van der Waals surface area contributed by atoms with E-state index in [1.54, 1.807) is 0 Å². The topological polar surface area (TPSA) is 30.7 Å². The highest BCUT2D eigenvalue weighted by Crippen LogP contribution is 2.62. The first-order valence-corrected chi connectivity index (χ1v) is 17.2. The molecule has 1 unspecified atom stereocenters. The smallest absolute Gasteiger partial charge is 0.159 e. The molecule has 11 rings (SSSR count). The Morgan fingerprint density at radius 1 is 0.420 bits per heavy atom. The third-order valence-electron chi connectivity index (χ3n) is 10.9. The maximum Gasteiger partial charge on any atom is 0.159 e. The van der Waals surface area contributed by atoms with Crippen LogP contribution in [0, 0.1) is 0 Å². The van der Waals surface area contributed by atoms with E-state index >= 15 is 0 Å². The Balaban J connectivity index is 1.10. The van der Waals surface area contributed by atoms with Gasteiger partial charge in [0, 0.05) is 39.3 Å². The molecule has 3 heteroatoms. The van der Waals surface area contributed by atoms with Crippen molar-refractivity contribution in [3.05, 3.63) is 198 Å². The van der Waals surface area contributed by atoms with Gasteiger partial charge in [0.25, 0.3) is 0 Å². The maximum absolute atomic E-state index is 5.27. The van der Waals surface area contributed by atoms with Crippen LogP contribution >= 0.6 is 0 Å². The number of fused-ring (bicyclic) bond motifs is 13. The van der Waals surface area contributed by atoms with Crippen molar-refractivity contribution in [2.45, 2.75) is 5.41 Å². The van der Waals surface area contributed by atoms with Crippen LogP contribution in [0.2, 0.25) is 0 Å².